The SMILES string of the molecule is Cc1cc(-n2c(C)cc(C(=O)N(C)Cc3ccncc3)c2C)no1. The van der Waals surface area contributed by atoms with Crippen LogP contribution in [0.3, 0.4) is 0 Å². The van der Waals surface area contributed by atoms with E-state index in [2.05, 4.69) is 10.1 Å². The van der Waals surface area contributed by atoms with Gasteiger partial charge in [0, 0.05) is 43.4 Å². The van der Waals surface area contributed by atoms with Crippen LogP contribution in [0.2, 0.25) is 0 Å². The van der Waals surface area contributed by atoms with Gasteiger partial charge in [-0.1, -0.05) is 5.16 Å². The first-order valence-electron chi connectivity index (χ1n) is 7.74. The van der Waals surface area contributed by atoms with E-state index in [1.54, 1.807) is 24.3 Å². The maximum Gasteiger partial charge on any atom is 0.255 e. The van der Waals surface area contributed by atoms with Crippen molar-refractivity contribution >= 4 is 5.91 Å². The minimum Gasteiger partial charge on any atom is -0.360 e. The Kier molecular flexibility index (Phi) is 4.20. The second kappa shape index (κ2) is 6.31. The predicted octanol–water partition coefficient (Wildman–Crippen LogP) is 3.06. The van der Waals surface area contributed by atoms with Gasteiger partial charge in [-0.15, -0.1) is 0 Å². The Hall–Kier alpha value is -2.89. The van der Waals surface area contributed by atoms with Crippen molar-refractivity contribution in [1.82, 2.24) is 19.6 Å². The molecule has 24 heavy (non-hydrogen) atoms. The van der Waals surface area contributed by atoms with Crippen LogP contribution >= 0.6 is 0 Å². The van der Waals surface area contributed by atoms with Crippen LogP contribution in [0.1, 0.15) is 33.1 Å². The average Bonchev–Trinajstić information content (AvgIpc) is 3.10. The third-order valence-electron chi connectivity index (χ3n) is 4.02. The van der Waals surface area contributed by atoms with Gasteiger partial charge >= 0.3 is 0 Å². The van der Waals surface area contributed by atoms with E-state index in [4.69, 9.17) is 4.52 Å². The fourth-order valence-corrected chi connectivity index (χ4v) is 2.83. The smallest absolute Gasteiger partial charge is 0.255 e. The zero-order valence-corrected chi connectivity index (χ0v) is 14.3. The molecule has 0 N–H and O–H groups in total. The second-order valence-corrected chi connectivity index (χ2v) is 5.93. The molecule has 3 heterocycles. The molecule has 6 nitrogen and oxygen atoms in total. The van der Waals surface area contributed by atoms with Crippen LogP contribution in [0.15, 0.2) is 41.2 Å². The van der Waals surface area contributed by atoms with Crippen LogP contribution in [-0.4, -0.2) is 32.6 Å². The summed E-state index contributed by atoms with van der Waals surface area (Å²) in [4.78, 5) is 18.5. The van der Waals surface area contributed by atoms with Crippen molar-refractivity contribution in [2.45, 2.75) is 27.3 Å². The summed E-state index contributed by atoms with van der Waals surface area (Å²) in [6, 6.07) is 7.57. The van der Waals surface area contributed by atoms with Gasteiger partial charge < -0.3 is 9.42 Å². The Bertz CT molecular complexity index is 865. The fourth-order valence-electron chi connectivity index (χ4n) is 2.83. The summed E-state index contributed by atoms with van der Waals surface area (Å²) in [5, 5.41) is 4.05. The average molecular weight is 324 g/mol. The highest BCUT2D eigenvalue weighted by atomic mass is 16.5. The van der Waals surface area contributed by atoms with Crippen LogP contribution in [-0.2, 0) is 6.54 Å². The van der Waals surface area contributed by atoms with E-state index in [9.17, 15) is 4.79 Å². The molecular formula is C18H20N4O2. The summed E-state index contributed by atoms with van der Waals surface area (Å²) in [6.45, 7) is 6.26. The van der Waals surface area contributed by atoms with Gasteiger partial charge in [0.25, 0.3) is 5.91 Å². The molecule has 0 bridgehead atoms. The number of amides is 1. The monoisotopic (exact) mass is 324 g/mol. The molecule has 3 aromatic heterocycles. The third kappa shape index (κ3) is 2.95. The number of aromatic nitrogens is 3. The van der Waals surface area contributed by atoms with Gasteiger partial charge in [0.05, 0.1) is 5.56 Å². The lowest BCUT2D eigenvalue weighted by Crippen LogP contribution is -2.26. The molecule has 0 aromatic carbocycles. The number of pyridine rings is 1. The van der Waals surface area contributed by atoms with Gasteiger partial charge in [-0.3, -0.25) is 14.3 Å². The molecule has 0 aliphatic carbocycles. The summed E-state index contributed by atoms with van der Waals surface area (Å²) in [5.74, 6) is 1.41. The summed E-state index contributed by atoms with van der Waals surface area (Å²) < 4.78 is 7.09. The molecule has 3 aromatic rings. The van der Waals surface area contributed by atoms with E-state index in [1.165, 1.54) is 0 Å². The predicted molar refractivity (Wildman–Crippen MR) is 90.1 cm³/mol. The number of nitrogens with zero attached hydrogens (tertiary/aromatic N) is 4. The van der Waals surface area contributed by atoms with E-state index in [-0.39, 0.29) is 5.91 Å². The lowest BCUT2D eigenvalue weighted by molar-refractivity contribution is 0.0784. The number of aryl methyl sites for hydroxylation is 2. The first-order chi connectivity index (χ1) is 11.5. The molecule has 124 valence electrons. The summed E-state index contributed by atoms with van der Waals surface area (Å²) in [6.07, 6.45) is 3.46. The van der Waals surface area contributed by atoms with E-state index >= 15 is 0 Å². The van der Waals surface area contributed by atoms with E-state index < -0.39 is 0 Å². The van der Waals surface area contributed by atoms with Crippen molar-refractivity contribution in [2.24, 2.45) is 0 Å². The van der Waals surface area contributed by atoms with E-state index in [0.717, 1.165) is 22.7 Å². The van der Waals surface area contributed by atoms with Gasteiger partial charge in [-0.05, 0) is 44.5 Å². The minimum atomic E-state index is -0.0219. The quantitative estimate of drug-likeness (QED) is 0.740. The number of carbonyl (C=O) groups is 1. The van der Waals surface area contributed by atoms with Gasteiger partial charge in [0.15, 0.2) is 5.82 Å². The van der Waals surface area contributed by atoms with Gasteiger partial charge in [-0.2, -0.15) is 0 Å². The summed E-state index contributed by atoms with van der Waals surface area (Å²) >= 11 is 0. The van der Waals surface area contributed by atoms with E-state index in [1.807, 2.05) is 49.6 Å². The lowest BCUT2D eigenvalue weighted by atomic mass is 10.2. The molecule has 0 aliphatic rings. The number of carbonyl (C=O) groups excluding carboxylic acids is 1. The molecule has 0 fully saturated rings. The van der Waals surface area contributed by atoms with Crippen molar-refractivity contribution in [3.05, 3.63) is 64.9 Å². The molecule has 1 amide bonds. The maximum absolute atomic E-state index is 12.8. The first-order valence-corrected chi connectivity index (χ1v) is 7.74. The summed E-state index contributed by atoms with van der Waals surface area (Å²) in [7, 11) is 1.80. The Morgan fingerprint density at radius 3 is 2.54 bits per heavy atom. The van der Waals surface area contributed by atoms with E-state index in [0.29, 0.717) is 17.9 Å². The number of hydrogen-bond acceptors (Lipinski definition) is 4. The zero-order chi connectivity index (χ0) is 17.3. The van der Waals surface area contributed by atoms with Crippen LogP contribution in [0, 0.1) is 20.8 Å². The molecule has 0 saturated carbocycles. The molecule has 0 unspecified atom stereocenters. The second-order valence-electron chi connectivity index (χ2n) is 5.93. The van der Waals surface area contributed by atoms with Crippen LogP contribution in [0.4, 0.5) is 0 Å². The Morgan fingerprint density at radius 2 is 1.92 bits per heavy atom. The minimum absolute atomic E-state index is 0.0219. The van der Waals surface area contributed by atoms with Crippen molar-refractivity contribution in [3.63, 3.8) is 0 Å². The first kappa shape index (κ1) is 16.0. The largest absolute Gasteiger partial charge is 0.360 e. The van der Waals surface area contributed by atoms with Gasteiger partial charge in [0.2, 0.25) is 0 Å². The number of rotatable bonds is 4. The molecule has 0 atom stereocenters. The third-order valence-corrected chi connectivity index (χ3v) is 4.02. The highest BCUT2D eigenvalue weighted by Gasteiger charge is 2.21. The molecule has 0 radical (unpaired) electrons. The Balaban J connectivity index is 1.88. The normalized spacial score (nSPS) is 10.8. The molecule has 0 aliphatic heterocycles. The Labute approximate surface area is 140 Å². The molecule has 0 saturated heterocycles. The van der Waals surface area contributed by atoms with Crippen LogP contribution < -0.4 is 0 Å². The molecule has 3 rings (SSSR count). The molecule has 6 heteroatoms. The fraction of sp³-hybridized carbons (Fsp3) is 0.278. The van der Waals surface area contributed by atoms with Crippen molar-refractivity contribution in [1.29, 1.82) is 0 Å². The van der Waals surface area contributed by atoms with Crippen molar-refractivity contribution in [3.8, 4) is 5.82 Å². The summed E-state index contributed by atoms with van der Waals surface area (Å²) in [5.41, 5.74) is 3.51. The highest BCUT2D eigenvalue weighted by Crippen LogP contribution is 2.22. The molecule has 0 spiro atoms. The van der Waals surface area contributed by atoms with Crippen molar-refractivity contribution < 1.29 is 9.32 Å². The maximum atomic E-state index is 12.8. The van der Waals surface area contributed by atoms with Crippen molar-refractivity contribution in [2.75, 3.05) is 7.05 Å². The van der Waals surface area contributed by atoms with Gasteiger partial charge in [0.1, 0.15) is 5.76 Å². The lowest BCUT2D eigenvalue weighted by Gasteiger charge is -2.17. The van der Waals surface area contributed by atoms with Crippen LogP contribution in [0.5, 0.6) is 0 Å². The van der Waals surface area contributed by atoms with Gasteiger partial charge in [-0.25, -0.2) is 0 Å². The zero-order valence-electron chi connectivity index (χ0n) is 14.3. The van der Waals surface area contributed by atoms with Crippen LogP contribution in [0.25, 0.3) is 5.82 Å². The number of hydrogen-bond donors (Lipinski definition) is 0. The highest BCUT2D eigenvalue weighted by molar-refractivity contribution is 5.95. The Morgan fingerprint density at radius 1 is 1.21 bits per heavy atom. The molecular weight excluding hydrogens is 304 g/mol. The topological polar surface area (TPSA) is 64.2 Å². The standard InChI is InChI=1S/C18H20N4O2/c1-12-9-16(14(3)22(12)17-10-13(2)24-20-17)18(23)21(4)11-15-5-7-19-8-6-15/h5-10H,11H2,1-4H3.